The average molecular weight is 470 g/mol. The van der Waals surface area contributed by atoms with E-state index in [1.54, 1.807) is 19.2 Å². The van der Waals surface area contributed by atoms with E-state index in [-0.39, 0.29) is 11.1 Å². The summed E-state index contributed by atoms with van der Waals surface area (Å²) in [6.07, 6.45) is 9.69. The largest absolute Gasteiger partial charge is 0.496 e. The molecule has 0 aliphatic rings. The fraction of sp³-hybridized carbons (Fsp3) is 0.500. The van der Waals surface area contributed by atoms with Gasteiger partial charge >= 0.3 is 5.97 Å². The van der Waals surface area contributed by atoms with Gasteiger partial charge in [-0.1, -0.05) is 65.7 Å². The van der Waals surface area contributed by atoms with E-state index in [0.29, 0.717) is 16.2 Å². The molecule has 1 amide bonds. The first-order chi connectivity index (χ1) is 16.2. The Morgan fingerprint density at radius 2 is 1.47 bits per heavy atom. The summed E-state index contributed by atoms with van der Waals surface area (Å²) in [7, 11) is 2.93. The zero-order chi connectivity index (χ0) is 25.1. The van der Waals surface area contributed by atoms with Crippen molar-refractivity contribution in [2.24, 2.45) is 0 Å². The quantitative estimate of drug-likeness (QED) is 0.149. The second-order valence-electron chi connectivity index (χ2n) is 9.33. The van der Waals surface area contributed by atoms with E-state index >= 15 is 0 Å². The molecule has 2 aromatic rings. The smallest absolute Gasteiger partial charge is 0.337 e. The lowest BCUT2D eigenvalue weighted by atomic mass is 9.78. The number of carbonyl (C=O) groups is 2. The molecule has 186 valence electrons. The highest BCUT2D eigenvalue weighted by atomic mass is 16.5. The molecule has 0 saturated carbocycles. The number of hydrogen-bond acceptors (Lipinski definition) is 5. The van der Waals surface area contributed by atoms with Crippen LogP contribution >= 0.6 is 0 Å². The number of nitrogens with zero attached hydrogens (tertiary/aromatic N) is 1. The lowest BCUT2D eigenvalue weighted by molar-refractivity contribution is 0.0600. The molecule has 2 rings (SSSR count). The minimum atomic E-state index is -0.554. The summed E-state index contributed by atoms with van der Waals surface area (Å²) in [6, 6.07) is 11.3. The van der Waals surface area contributed by atoms with Crippen molar-refractivity contribution in [3.8, 4) is 5.75 Å². The molecule has 0 heterocycles. The Bertz CT molecular complexity index is 936. The van der Waals surface area contributed by atoms with Gasteiger partial charge in [-0.05, 0) is 54.3 Å². The predicted molar refractivity (Wildman–Crippen MR) is 135 cm³/mol. The molecule has 2 aromatic carbocycles. The maximum absolute atomic E-state index is 13.0. The highest BCUT2D eigenvalue weighted by molar-refractivity contribution is 6.05. The molecule has 0 aromatic heterocycles. The van der Waals surface area contributed by atoms with E-state index in [2.05, 4.69) is 25.5 Å². The van der Waals surface area contributed by atoms with Crippen LogP contribution in [0.4, 0.5) is 5.69 Å². The third kappa shape index (κ3) is 7.32. The van der Waals surface area contributed by atoms with Crippen molar-refractivity contribution >= 4 is 17.6 Å². The van der Waals surface area contributed by atoms with E-state index in [0.717, 1.165) is 24.2 Å². The van der Waals surface area contributed by atoms with E-state index < -0.39 is 11.9 Å². The van der Waals surface area contributed by atoms with Crippen LogP contribution in [0.15, 0.2) is 42.5 Å². The number of ether oxygens (including phenoxy) is 2. The Morgan fingerprint density at radius 3 is 2.06 bits per heavy atom. The van der Waals surface area contributed by atoms with Crippen molar-refractivity contribution in [1.82, 2.24) is 0 Å². The van der Waals surface area contributed by atoms with Crippen LogP contribution in [0.2, 0.25) is 0 Å². The molecule has 0 saturated heterocycles. The van der Waals surface area contributed by atoms with Gasteiger partial charge in [-0.25, -0.2) is 4.79 Å². The van der Waals surface area contributed by atoms with Gasteiger partial charge in [0.05, 0.1) is 25.5 Å². The van der Waals surface area contributed by atoms with Crippen LogP contribution < -0.4 is 9.80 Å². The van der Waals surface area contributed by atoms with Gasteiger partial charge in [0, 0.05) is 11.1 Å². The van der Waals surface area contributed by atoms with Crippen molar-refractivity contribution in [2.45, 2.75) is 77.6 Å². The molecule has 0 atom stereocenters. The van der Waals surface area contributed by atoms with E-state index in [1.165, 1.54) is 69.9 Å². The number of carbonyl (C=O) groups excluding carboxylic acids is 2. The number of hydroxylamine groups is 1. The molecule has 6 nitrogen and oxygen atoms in total. The number of unbranched alkanes of at least 4 members (excludes halogenated alkanes) is 6. The summed E-state index contributed by atoms with van der Waals surface area (Å²) in [4.78, 5) is 24.6. The number of hydrogen-bond donors (Lipinski definition) is 1. The molecule has 0 bridgehead atoms. The molecule has 1 N–H and O–H groups in total. The summed E-state index contributed by atoms with van der Waals surface area (Å²) in [5, 5.41) is 11.1. The summed E-state index contributed by atoms with van der Waals surface area (Å²) < 4.78 is 10.3. The van der Waals surface area contributed by atoms with Crippen molar-refractivity contribution < 1.29 is 24.3 Å². The van der Waals surface area contributed by atoms with Crippen molar-refractivity contribution in [3.63, 3.8) is 0 Å². The SMILES string of the molecule is CCCCCCCCCC(C)(C)c1cc(C(=O)N(O)c2ccc(C(=O)OC)cc2)ccc1OC. The molecule has 0 aliphatic heterocycles. The minimum Gasteiger partial charge on any atom is -0.496 e. The van der Waals surface area contributed by atoms with E-state index in [1.807, 2.05) is 6.07 Å². The topological polar surface area (TPSA) is 76.1 Å². The maximum Gasteiger partial charge on any atom is 0.337 e. The molecule has 0 radical (unpaired) electrons. The van der Waals surface area contributed by atoms with Gasteiger partial charge in [-0.2, -0.15) is 5.06 Å². The van der Waals surface area contributed by atoms with Gasteiger partial charge in [0.1, 0.15) is 5.75 Å². The van der Waals surface area contributed by atoms with E-state index in [9.17, 15) is 14.8 Å². The predicted octanol–water partition coefficient (Wildman–Crippen LogP) is 6.94. The number of anilines is 1. The van der Waals surface area contributed by atoms with Gasteiger partial charge in [0.2, 0.25) is 0 Å². The molecule has 0 fully saturated rings. The summed E-state index contributed by atoms with van der Waals surface area (Å²) in [5.74, 6) is -0.303. The van der Waals surface area contributed by atoms with Crippen LogP contribution in [0.3, 0.4) is 0 Å². The van der Waals surface area contributed by atoms with Crippen molar-refractivity contribution in [3.05, 3.63) is 59.2 Å². The first-order valence-corrected chi connectivity index (χ1v) is 12.2. The van der Waals surface area contributed by atoms with Crippen LogP contribution in [0.5, 0.6) is 5.75 Å². The van der Waals surface area contributed by atoms with Gasteiger partial charge in [0.15, 0.2) is 0 Å². The normalized spacial score (nSPS) is 11.2. The Labute approximate surface area is 203 Å². The number of rotatable bonds is 13. The van der Waals surface area contributed by atoms with Gasteiger partial charge in [-0.3, -0.25) is 10.0 Å². The van der Waals surface area contributed by atoms with Crippen LogP contribution in [-0.4, -0.2) is 31.3 Å². The summed E-state index contributed by atoms with van der Waals surface area (Å²) >= 11 is 0. The van der Waals surface area contributed by atoms with Crippen LogP contribution in [0.1, 0.15) is 98.4 Å². The third-order valence-electron chi connectivity index (χ3n) is 6.31. The molecular weight excluding hydrogens is 430 g/mol. The Morgan fingerprint density at radius 1 is 0.882 bits per heavy atom. The lowest BCUT2D eigenvalue weighted by Gasteiger charge is -2.28. The number of esters is 1. The highest BCUT2D eigenvalue weighted by Gasteiger charge is 2.26. The molecule has 0 spiro atoms. The number of benzene rings is 2. The van der Waals surface area contributed by atoms with Crippen LogP contribution in [-0.2, 0) is 10.2 Å². The Hall–Kier alpha value is -2.86. The summed E-state index contributed by atoms with van der Waals surface area (Å²) in [6.45, 7) is 6.56. The van der Waals surface area contributed by atoms with Gasteiger partial charge in [-0.15, -0.1) is 0 Å². The zero-order valence-corrected chi connectivity index (χ0v) is 21.2. The van der Waals surface area contributed by atoms with Crippen LogP contribution in [0.25, 0.3) is 0 Å². The standard InChI is InChI=1S/C28H39NO5/c1-6-7-8-9-10-11-12-19-28(2,3)24-20-22(15-18-25(24)33-4)26(30)29(32)23-16-13-21(14-17-23)27(31)34-5/h13-18,20,32H,6-12,19H2,1-5H3. The van der Waals surface area contributed by atoms with Crippen molar-refractivity contribution in [2.75, 3.05) is 19.3 Å². The molecule has 0 unspecified atom stereocenters. The number of amides is 1. The number of methoxy groups -OCH3 is 2. The first kappa shape index (κ1) is 27.4. The summed E-state index contributed by atoms with van der Waals surface area (Å²) in [5.41, 5.74) is 1.72. The molecule has 6 heteroatoms. The van der Waals surface area contributed by atoms with Gasteiger partial charge < -0.3 is 9.47 Å². The fourth-order valence-corrected chi connectivity index (χ4v) is 4.12. The lowest BCUT2D eigenvalue weighted by Crippen LogP contribution is -2.28. The van der Waals surface area contributed by atoms with Crippen molar-refractivity contribution in [1.29, 1.82) is 0 Å². The molecular formula is C28H39NO5. The highest BCUT2D eigenvalue weighted by Crippen LogP contribution is 2.37. The Kier molecular flexibility index (Phi) is 10.6. The third-order valence-corrected chi connectivity index (χ3v) is 6.31. The second kappa shape index (κ2) is 13.1. The Balaban J connectivity index is 2.13. The monoisotopic (exact) mass is 469 g/mol. The maximum atomic E-state index is 13.0. The molecule has 34 heavy (non-hydrogen) atoms. The minimum absolute atomic E-state index is 0.187. The van der Waals surface area contributed by atoms with Crippen LogP contribution in [0, 0.1) is 0 Å². The van der Waals surface area contributed by atoms with E-state index in [4.69, 9.17) is 4.74 Å². The average Bonchev–Trinajstić information content (AvgIpc) is 2.86. The van der Waals surface area contributed by atoms with Gasteiger partial charge in [0.25, 0.3) is 5.91 Å². The second-order valence-corrected chi connectivity index (χ2v) is 9.33. The first-order valence-electron chi connectivity index (χ1n) is 12.2. The molecule has 0 aliphatic carbocycles. The zero-order valence-electron chi connectivity index (χ0n) is 21.2. The fourth-order valence-electron chi connectivity index (χ4n) is 4.12.